The number of furan rings is 1. The first-order valence-electron chi connectivity index (χ1n) is 13.9. The van der Waals surface area contributed by atoms with Crippen LogP contribution in [0, 0.1) is 12.7 Å². The lowest BCUT2D eigenvalue weighted by Crippen LogP contribution is -2.45. The fourth-order valence-corrected chi connectivity index (χ4v) is 6.04. The summed E-state index contributed by atoms with van der Waals surface area (Å²) in [7, 11) is 0. The SMILES string of the molecule is Cc1ccc([C@@H](C(=O)NC[C@H]2CCCO2)N(C(=O)c2snc(C(=O)NC3CCCCC3)c2N)c2ccc(F)cc2)o1. The quantitative estimate of drug-likeness (QED) is 0.337. The molecule has 4 N–H and O–H groups in total. The molecule has 1 saturated carbocycles. The van der Waals surface area contributed by atoms with Gasteiger partial charge in [-0.25, -0.2) is 4.39 Å². The summed E-state index contributed by atoms with van der Waals surface area (Å²) in [6.45, 7) is 2.62. The first-order chi connectivity index (χ1) is 19.8. The Balaban J connectivity index is 1.48. The summed E-state index contributed by atoms with van der Waals surface area (Å²) in [4.78, 5) is 42.2. The van der Waals surface area contributed by atoms with E-state index < -0.39 is 29.6 Å². The third kappa shape index (κ3) is 6.59. The maximum absolute atomic E-state index is 14.2. The van der Waals surface area contributed by atoms with Crippen LogP contribution >= 0.6 is 11.5 Å². The smallest absolute Gasteiger partial charge is 0.273 e. The topological polar surface area (TPSA) is 140 Å². The normalized spacial score (nSPS) is 18.1. The molecule has 3 aromatic rings. The number of carbonyl (C=O) groups excluding carboxylic acids is 3. The van der Waals surface area contributed by atoms with Gasteiger partial charge in [-0.1, -0.05) is 19.3 Å². The van der Waals surface area contributed by atoms with Crippen molar-refractivity contribution in [2.45, 2.75) is 70.1 Å². The lowest BCUT2D eigenvalue weighted by molar-refractivity contribution is -0.123. The van der Waals surface area contributed by atoms with Crippen LogP contribution in [0.4, 0.5) is 15.8 Å². The van der Waals surface area contributed by atoms with Gasteiger partial charge in [-0.05, 0) is 80.5 Å². The summed E-state index contributed by atoms with van der Waals surface area (Å²) in [5.41, 5.74) is 6.48. The van der Waals surface area contributed by atoms with Gasteiger partial charge in [-0.2, -0.15) is 4.37 Å². The van der Waals surface area contributed by atoms with Crippen molar-refractivity contribution in [3.8, 4) is 0 Å². The Hall–Kier alpha value is -3.77. The molecule has 12 heteroatoms. The molecule has 3 amide bonds. The third-order valence-corrected chi connectivity index (χ3v) is 8.32. The molecule has 41 heavy (non-hydrogen) atoms. The first-order valence-corrected chi connectivity index (χ1v) is 14.7. The number of carbonyl (C=O) groups is 3. The minimum absolute atomic E-state index is 0.0108. The molecule has 2 aromatic heterocycles. The van der Waals surface area contributed by atoms with Crippen molar-refractivity contribution < 1.29 is 27.9 Å². The molecular formula is C29H34FN5O5S. The first kappa shape index (κ1) is 28.7. The molecule has 0 radical (unpaired) electrons. The average molecular weight is 584 g/mol. The molecule has 0 spiro atoms. The predicted octanol–water partition coefficient (Wildman–Crippen LogP) is 4.51. The molecule has 218 valence electrons. The molecular weight excluding hydrogens is 549 g/mol. The monoisotopic (exact) mass is 583 g/mol. The van der Waals surface area contributed by atoms with E-state index in [9.17, 15) is 18.8 Å². The number of nitrogen functional groups attached to an aromatic ring is 1. The minimum Gasteiger partial charge on any atom is -0.464 e. The number of aromatic nitrogens is 1. The molecule has 10 nitrogen and oxygen atoms in total. The van der Waals surface area contributed by atoms with Gasteiger partial charge in [0.2, 0.25) is 0 Å². The van der Waals surface area contributed by atoms with E-state index in [4.69, 9.17) is 14.9 Å². The van der Waals surface area contributed by atoms with Gasteiger partial charge >= 0.3 is 0 Å². The number of benzene rings is 1. The second-order valence-electron chi connectivity index (χ2n) is 10.5. The Morgan fingerprint density at radius 1 is 1.10 bits per heavy atom. The summed E-state index contributed by atoms with van der Waals surface area (Å²) >= 11 is 0.781. The van der Waals surface area contributed by atoms with E-state index in [-0.39, 0.29) is 46.4 Å². The standard InChI is InChI=1S/C29H34FN5O5S/c1-17-9-14-22(40-17)25(28(37)32-16-21-8-5-15-39-21)35(20-12-10-18(30)11-13-20)29(38)26-23(31)24(34-41-26)27(36)33-19-6-3-2-4-7-19/h9-14,19,21,25H,2-8,15-16,31H2,1H3,(H,32,37)(H,33,36)/t21-,25+/m1/s1. The number of halogens is 1. The molecule has 5 rings (SSSR count). The number of hydrogen-bond acceptors (Lipinski definition) is 8. The van der Waals surface area contributed by atoms with Crippen LogP contribution in [0.25, 0.3) is 0 Å². The van der Waals surface area contributed by atoms with Crippen molar-refractivity contribution in [2.24, 2.45) is 0 Å². The largest absolute Gasteiger partial charge is 0.464 e. The molecule has 1 saturated heterocycles. The molecule has 0 unspecified atom stereocenters. The summed E-state index contributed by atoms with van der Waals surface area (Å²) in [6, 6.07) is 7.28. The van der Waals surface area contributed by atoms with E-state index >= 15 is 0 Å². The van der Waals surface area contributed by atoms with Crippen LogP contribution < -0.4 is 21.3 Å². The maximum atomic E-state index is 14.2. The summed E-state index contributed by atoms with van der Waals surface area (Å²) in [6.07, 6.45) is 6.57. The number of anilines is 2. The maximum Gasteiger partial charge on any atom is 0.273 e. The predicted molar refractivity (Wildman–Crippen MR) is 152 cm³/mol. The zero-order valence-corrected chi connectivity index (χ0v) is 23.7. The average Bonchev–Trinajstić information content (AvgIpc) is 3.73. The van der Waals surface area contributed by atoms with Gasteiger partial charge in [-0.3, -0.25) is 19.3 Å². The zero-order valence-electron chi connectivity index (χ0n) is 22.9. The van der Waals surface area contributed by atoms with Gasteiger partial charge in [0, 0.05) is 24.9 Å². The fraction of sp³-hybridized carbons (Fsp3) is 0.448. The van der Waals surface area contributed by atoms with Crippen molar-refractivity contribution >= 4 is 40.6 Å². The summed E-state index contributed by atoms with van der Waals surface area (Å²) < 4.78 is 29.6. The van der Waals surface area contributed by atoms with Crippen LogP contribution in [0.3, 0.4) is 0 Å². The molecule has 1 aliphatic carbocycles. The van der Waals surface area contributed by atoms with E-state index in [0.29, 0.717) is 12.4 Å². The van der Waals surface area contributed by atoms with E-state index in [1.807, 2.05) is 0 Å². The number of hydrogen-bond donors (Lipinski definition) is 3. The molecule has 2 fully saturated rings. The minimum atomic E-state index is -1.26. The Bertz CT molecular complexity index is 1380. The number of ether oxygens (including phenoxy) is 1. The van der Waals surface area contributed by atoms with Gasteiger partial charge in [0.05, 0.1) is 11.8 Å². The highest BCUT2D eigenvalue weighted by molar-refractivity contribution is 7.09. The van der Waals surface area contributed by atoms with Crippen LogP contribution in [0.1, 0.15) is 82.7 Å². The van der Waals surface area contributed by atoms with Crippen molar-refractivity contribution in [1.29, 1.82) is 0 Å². The van der Waals surface area contributed by atoms with Gasteiger partial charge in [0.25, 0.3) is 17.7 Å². The molecule has 3 heterocycles. The van der Waals surface area contributed by atoms with Crippen LogP contribution in [0.5, 0.6) is 0 Å². The van der Waals surface area contributed by atoms with E-state index in [2.05, 4.69) is 15.0 Å². The zero-order chi connectivity index (χ0) is 28.9. The second kappa shape index (κ2) is 12.8. The molecule has 2 aliphatic rings. The van der Waals surface area contributed by atoms with Crippen molar-refractivity contribution in [1.82, 2.24) is 15.0 Å². The van der Waals surface area contributed by atoms with Gasteiger partial charge < -0.3 is 25.5 Å². The lowest BCUT2D eigenvalue weighted by Gasteiger charge is -2.30. The van der Waals surface area contributed by atoms with E-state index in [0.717, 1.165) is 56.5 Å². The van der Waals surface area contributed by atoms with Gasteiger partial charge in [0.15, 0.2) is 11.7 Å². The second-order valence-corrected chi connectivity index (χ2v) is 11.2. The fourth-order valence-electron chi connectivity index (χ4n) is 5.30. The molecule has 0 bridgehead atoms. The van der Waals surface area contributed by atoms with Gasteiger partial charge in [0.1, 0.15) is 22.2 Å². The molecule has 2 atom stereocenters. The Morgan fingerprint density at radius 3 is 2.51 bits per heavy atom. The third-order valence-electron chi connectivity index (χ3n) is 7.47. The highest BCUT2D eigenvalue weighted by Gasteiger charge is 2.38. The highest BCUT2D eigenvalue weighted by atomic mass is 32.1. The van der Waals surface area contributed by atoms with Crippen molar-refractivity contribution in [2.75, 3.05) is 23.8 Å². The Morgan fingerprint density at radius 2 is 1.85 bits per heavy atom. The number of rotatable bonds is 9. The van der Waals surface area contributed by atoms with Crippen molar-refractivity contribution in [3.05, 3.63) is 64.3 Å². The lowest BCUT2D eigenvalue weighted by atomic mass is 9.95. The van der Waals surface area contributed by atoms with E-state index in [1.165, 1.54) is 29.2 Å². The number of amides is 3. The number of aryl methyl sites for hydroxylation is 1. The number of nitrogens with one attached hydrogen (secondary N) is 2. The van der Waals surface area contributed by atoms with Crippen LogP contribution in [-0.2, 0) is 9.53 Å². The molecule has 1 aliphatic heterocycles. The number of nitrogens with two attached hydrogens (primary N) is 1. The summed E-state index contributed by atoms with van der Waals surface area (Å²) in [5, 5.41) is 5.86. The van der Waals surface area contributed by atoms with Crippen LogP contribution in [-0.4, -0.2) is 47.4 Å². The van der Waals surface area contributed by atoms with Gasteiger partial charge in [-0.15, -0.1) is 0 Å². The Labute approximate surface area is 241 Å². The summed E-state index contributed by atoms with van der Waals surface area (Å²) in [5.74, 6) is -1.37. The highest BCUT2D eigenvalue weighted by Crippen LogP contribution is 2.34. The van der Waals surface area contributed by atoms with Crippen LogP contribution in [0.2, 0.25) is 0 Å². The van der Waals surface area contributed by atoms with Crippen molar-refractivity contribution in [3.63, 3.8) is 0 Å². The molecule has 1 aromatic carbocycles. The van der Waals surface area contributed by atoms with E-state index in [1.54, 1.807) is 19.1 Å². The van der Waals surface area contributed by atoms with Crippen LogP contribution in [0.15, 0.2) is 40.8 Å². The number of nitrogens with zero attached hydrogens (tertiary/aromatic N) is 2. The Kier molecular flexibility index (Phi) is 8.99.